The molecule has 1 aromatic carbocycles. The van der Waals surface area contributed by atoms with Gasteiger partial charge in [-0.2, -0.15) is 0 Å². The van der Waals surface area contributed by atoms with Crippen LogP contribution in [0, 0.1) is 0 Å². The molecule has 0 fully saturated rings. The highest BCUT2D eigenvalue weighted by atomic mass is 32.2. The molecule has 0 spiro atoms. The fourth-order valence-electron chi connectivity index (χ4n) is 3.46. The zero-order chi connectivity index (χ0) is 22.8. The van der Waals surface area contributed by atoms with Crippen molar-refractivity contribution in [1.82, 2.24) is 34.0 Å². The minimum atomic E-state index is -0.454. The number of benzene rings is 1. The minimum absolute atomic E-state index is 0.361. The highest BCUT2D eigenvalue weighted by Gasteiger charge is 2.19. The van der Waals surface area contributed by atoms with Crippen LogP contribution in [0.3, 0.4) is 0 Å². The van der Waals surface area contributed by atoms with Gasteiger partial charge in [0, 0.05) is 13.6 Å². The van der Waals surface area contributed by atoms with E-state index in [-0.39, 0.29) is 0 Å². The van der Waals surface area contributed by atoms with Gasteiger partial charge in [-0.3, -0.25) is 14.3 Å². The van der Waals surface area contributed by atoms with Crippen LogP contribution in [0.15, 0.2) is 39.0 Å². The molecular weight excluding hydrogens is 432 g/mol. The number of unbranched alkanes of at least 4 members (excludes halogenated alkanes) is 1. The number of aryl methyl sites for hydroxylation is 2. The zero-order valence-corrected chi connectivity index (χ0v) is 18.8. The van der Waals surface area contributed by atoms with Crippen molar-refractivity contribution < 1.29 is 4.74 Å². The lowest BCUT2D eigenvalue weighted by Gasteiger charge is -2.07. The van der Waals surface area contributed by atoms with Crippen LogP contribution in [0.4, 0.5) is 0 Å². The Bertz CT molecular complexity index is 1380. The van der Waals surface area contributed by atoms with Crippen LogP contribution in [0.5, 0.6) is 5.75 Å². The van der Waals surface area contributed by atoms with Crippen LogP contribution >= 0.6 is 11.8 Å². The summed E-state index contributed by atoms with van der Waals surface area (Å²) in [5.74, 6) is 8.36. The van der Waals surface area contributed by atoms with Crippen LogP contribution in [-0.4, -0.2) is 41.1 Å². The largest absolute Gasteiger partial charge is 0.496 e. The molecule has 0 atom stereocenters. The molecule has 3 aromatic heterocycles. The number of fused-ring (bicyclic) bond motifs is 1. The molecule has 11 nitrogen and oxygen atoms in total. The molecule has 0 amide bonds. The second-order valence-corrected chi connectivity index (χ2v) is 8.13. The van der Waals surface area contributed by atoms with E-state index in [1.54, 1.807) is 18.7 Å². The molecule has 3 heterocycles. The summed E-state index contributed by atoms with van der Waals surface area (Å²) in [6.45, 7) is 2.53. The zero-order valence-electron chi connectivity index (χ0n) is 18.0. The fourth-order valence-corrected chi connectivity index (χ4v) is 4.30. The lowest BCUT2D eigenvalue weighted by molar-refractivity contribution is 0.416. The second kappa shape index (κ2) is 8.91. The third-order valence-corrected chi connectivity index (χ3v) is 6.12. The van der Waals surface area contributed by atoms with E-state index in [1.807, 2.05) is 31.2 Å². The van der Waals surface area contributed by atoms with Gasteiger partial charge in [-0.25, -0.2) is 14.5 Å². The SMILES string of the molecule is CCCCn1c(=O)[nH]c(=O)c2c1nc(CSc1nnc(-c3ccccc3OC)n1N)n2C. The quantitative estimate of drug-likeness (QED) is 0.300. The Morgan fingerprint density at radius 2 is 2.00 bits per heavy atom. The first-order valence-electron chi connectivity index (χ1n) is 10.1. The summed E-state index contributed by atoms with van der Waals surface area (Å²) in [5, 5.41) is 8.88. The summed E-state index contributed by atoms with van der Waals surface area (Å²) < 4.78 is 9.99. The number of ether oxygens (including phenoxy) is 1. The number of nitrogens with one attached hydrogen (secondary N) is 1. The first kappa shape index (κ1) is 21.7. The van der Waals surface area contributed by atoms with Gasteiger partial charge >= 0.3 is 5.69 Å². The van der Waals surface area contributed by atoms with Crippen LogP contribution in [0.1, 0.15) is 25.6 Å². The van der Waals surface area contributed by atoms with Gasteiger partial charge in [-0.15, -0.1) is 10.2 Å². The van der Waals surface area contributed by atoms with Crippen molar-refractivity contribution in [2.75, 3.05) is 13.0 Å². The molecular formula is C20H24N8O3S. The smallest absolute Gasteiger partial charge is 0.330 e. The number of thioether (sulfide) groups is 1. The number of rotatable bonds is 8. The van der Waals surface area contributed by atoms with E-state index in [2.05, 4.69) is 20.2 Å². The maximum Gasteiger partial charge on any atom is 0.330 e. The van der Waals surface area contributed by atoms with Gasteiger partial charge in [-0.05, 0) is 18.6 Å². The van der Waals surface area contributed by atoms with E-state index in [0.717, 1.165) is 18.4 Å². The minimum Gasteiger partial charge on any atom is -0.496 e. The highest BCUT2D eigenvalue weighted by molar-refractivity contribution is 7.98. The third kappa shape index (κ3) is 3.77. The Balaban J connectivity index is 1.65. The van der Waals surface area contributed by atoms with Gasteiger partial charge in [0.2, 0.25) is 5.16 Å². The number of methoxy groups -OCH3 is 1. The monoisotopic (exact) mass is 456 g/mol. The highest BCUT2D eigenvalue weighted by Crippen LogP contribution is 2.30. The Hall–Kier alpha value is -3.54. The molecule has 4 aromatic rings. The average Bonchev–Trinajstić information content (AvgIpc) is 3.31. The summed E-state index contributed by atoms with van der Waals surface area (Å²) in [6, 6.07) is 7.41. The number of para-hydroxylation sites is 1. The maximum absolute atomic E-state index is 12.4. The van der Waals surface area contributed by atoms with Crippen molar-refractivity contribution in [2.45, 2.75) is 37.2 Å². The van der Waals surface area contributed by atoms with Crippen molar-refractivity contribution in [2.24, 2.45) is 7.05 Å². The first-order valence-corrected chi connectivity index (χ1v) is 11.1. The van der Waals surface area contributed by atoms with Crippen molar-refractivity contribution in [3.05, 3.63) is 50.9 Å². The maximum atomic E-state index is 12.4. The number of hydrogen-bond acceptors (Lipinski definition) is 8. The van der Waals surface area contributed by atoms with E-state index < -0.39 is 11.2 Å². The number of hydrogen-bond donors (Lipinski definition) is 2. The first-order chi connectivity index (χ1) is 15.5. The number of aromatic amines is 1. The number of nitrogens with zero attached hydrogens (tertiary/aromatic N) is 6. The Kier molecular flexibility index (Phi) is 6.04. The predicted octanol–water partition coefficient (Wildman–Crippen LogP) is 1.50. The van der Waals surface area contributed by atoms with Gasteiger partial charge in [0.05, 0.1) is 18.4 Å². The molecule has 32 heavy (non-hydrogen) atoms. The van der Waals surface area contributed by atoms with Gasteiger partial charge < -0.3 is 15.1 Å². The predicted molar refractivity (Wildman–Crippen MR) is 122 cm³/mol. The van der Waals surface area contributed by atoms with Crippen LogP contribution in [0.25, 0.3) is 22.6 Å². The fraction of sp³-hybridized carbons (Fsp3) is 0.350. The van der Waals surface area contributed by atoms with Crippen LogP contribution in [0.2, 0.25) is 0 Å². The number of nitrogen functional groups attached to an aromatic ring is 1. The molecule has 0 aliphatic carbocycles. The lowest BCUT2D eigenvalue weighted by atomic mass is 10.2. The van der Waals surface area contributed by atoms with Gasteiger partial charge in [0.15, 0.2) is 17.0 Å². The van der Waals surface area contributed by atoms with E-state index in [4.69, 9.17) is 10.6 Å². The Labute approximate surface area is 187 Å². The van der Waals surface area contributed by atoms with E-state index in [9.17, 15) is 9.59 Å². The molecule has 0 radical (unpaired) electrons. The third-order valence-electron chi connectivity index (χ3n) is 5.18. The Morgan fingerprint density at radius 1 is 1.22 bits per heavy atom. The van der Waals surface area contributed by atoms with Crippen molar-refractivity contribution in [3.63, 3.8) is 0 Å². The standard InChI is InChI=1S/C20H24N8O3S/c1-4-5-10-27-17-15(18(29)23-19(27)30)26(2)14(22-17)11-32-20-25-24-16(28(20)21)12-8-6-7-9-13(12)31-3/h6-9H,4-5,10-11,21H2,1-3H3,(H,23,29,30). The van der Waals surface area contributed by atoms with E-state index in [0.29, 0.717) is 46.0 Å². The molecule has 0 unspecified atom stereocenters. The van der Waals surface area contributed by atoms with E-state index in [1.165, 1.54) is 21.0 Å². The number of aromatic nitrogens is 7. The lowest BCUT2D eigenvalue weighted by Crippen LogP contribution is -2.31. The molecule has 0 aliphatic heterocycles. The van der Waals surface area contributed by atoms with Crippen LogP contribution in [-0.2, 0) is 19.3 Å². The molecule has 12 heteroatoms. The summed E-state index contributed by atoms with van der Waals surface area (Å²) in [4.78, 5) is 31.7. The summed E-state index contributed by atoms with van der Waals surface area (Å²) >= 11 is 1.33. The second-order valence-electron chi connectivity index (χ2n) is 7.19. The van der Waals surface area contributed by atoms with Crippen LogP contribution < -0.4 is 21.8 Å². The summed E-state index contributed by atoms with van der Waals surface area (Å²) in [6.07, 6.45) is 1.73. The number of H-pyrrole nitrogens is 1. The molecule has 0 bridgehead atoms. The summed E-state index contributed by atoms with van der Waals surface area (Å²) in [7, 11) is 3.34. The number of nitrogens with two attached hydrogens (primary N) is 1. The molecule has 168 valence electrons. The van der Waals surface area contributed by atoms with Gasteiger partial charge in [0.25, 0.3) is 5.56 Å². The van der Waals surface area contributed by atoms with Crippen molar-refractivity contribution in [1.29, 1.82) is 0 Å². The molecule has 0 aliphatic rings. The topological polar surface area (TPSA) is 139 Å². The van der Waals surface area contributed by atoms with E-state index >= 15 is 0 Å². The molecule has 0 saturated carbocycles. The average molecular weight is 457 g/mol. The van der Waals surface area contributed by atoms with Gasteiger partial charge in [-0.1, -0.05) is 37.2 Å². The summed E-state index contributed by atoms with van der Waals surface area (Å²) in [5.41, 5.74) is 0.571. The molecule has 4 rings (SSSR count). The van der Waals surface area contributed by atoms with Crippen molar-refractivity contribution in [3.8, 4) is 17.1 Å². The molecule has 0 saturated heterocycles. The normalized spacial score (nSPS) is 11.3. The Morgan fingerprint density at radius 3 is 2.75 bits per heavy atom. The van der Waals surface area contributed by atoms with Gasteiger partial charge in [0.1, 0.15) is 11.6 Å². The van der Waals surface area contributed by atoms with Crippen molar-refractivity contribution >= 4 is 22.9 Å². The number of imidazole rings is 1. The molecule has 3 N–H and O–H groups in total.